The van der Waals surface area contributed by atoms with E-state index in [0.717, 1.165) is 47.8 Å². The molecule has 0 spiro atoms. The lowest BCUT2D eigenvalue weighted by atomic mass is 10.0. The van der Waals surface area contributed by atoms with Gasteiger partial charge in [-0.3, -0.25) is 0 Å². The summed E-state index contributed by atoms with van der Waals surface area (Å²) in [6.45, 7) is 6.05. The topological polar surface area (TPSA) is 54.2 Å². The van der Waals surface area contributed by atoms with Gasteiger partial charge >= 0.3 is 0 Å². The normalized spacial score (nSPS) is 25.5. The molecular weight excluding hydrogens is 284 g/mol. The van der Waals surface area contributed by atoms with E-state index in [1.807, 2.05) is 17.5 Å². The number of nitrogens with zero attached hydrogens (tertiary/aromatic N) is 3. The van der Waals surface area contributed by atoms with Crippen LogP contribution in [0.1, 0.15) is 12.3 Å². The van der Waals surface area contributed by atoms with E-state index in [-0.39, 0.29) is 0 Å². The van der Waals surface area contributed by atoms with Gasteiger partial charge in [-0.1, -0.05) is 11.2 Å². The summed E-state index contributed by atoms with van der Waals surface area (Å²) in [6.07, 6.45) is 1.97. The molecule has 6 heteroatoms. The monoisotopic (exact) mass is 304 g/mol. The molecule has 0 radical (unpaired) electrons. The Morgan fingerprint density at radius 3 is 2.95 bits per heavy atom. The molecule has 1 N–H and O–H groups in total. The molecule has 2 aliphatic rings. The fourth-order valence-corrected chi connectivity index (χ4v) is 4.10. The molecule has 2 aliphatic heterocycles. The van der Waals surface area contributed by atoms with Gasteiger partial charge in [0, 0.05) is 19.5 Å². The highest BCUT2D eigenvalue weighted by atomic mass is 32.1. The maximum absolute atomic E-state index is 5.34. The van der Waals surface area contributed by atoms with Crippen molar-refractivity contribution in [2.24, 2.45) is 11.8 Å². The van der Waals surface area contributed by atoms with Gasteiger partial charge in [-0.2, -0.15) is 4.98 Å². The molecule has 2 aromatic heterocycles. The van der Waals surface area contributed by atoms with Gasteiger partial charge in [-0.05, 0) is 49.3 Å². The predicted molar refractivity (Wildman–Crippen MR) is 82.2 cm³/mol. The lowest BCUT2D eigenvalue weighted by Gasteiger charge is -2.15. The number of hydrogen-bond acceptors (Lipinski definition) is 6. The first-order chi connectivity index (χ1) is 10.4. The van der Waals surface area contributed by atoms with Gasteiger partial charge < -0.3 is 14.7 Å². The Labute approximate surface area is 128 Å². The number of rotatable bonds is 5. The Morgan fingerprint density at radius 1 is 1.33 bits per heavy atom. The number of aromatic nitrogens is 2. The first-order valence-corrected chi connectivity index (χ1v) is 8.56. The number of nitrogens with one attached hydrogen (secondary N) is 1. The number of hydrogen-bond donors (Lipinski definition) is 1. The van der Waals surface area contributed by atoms with Crippen LogP contribution in [0.4, 0.5) is 0 Å². The lowest BCUT2D eigenvalue weighted by Crippen LogP contribution is -2.27. The van der Waals surface area contributed by atoms with Gasteiger partial charge in [0.15, 0.2) is 0 Å². The van der Waals surface area contributed by atoms with Crippen molar-refractivity contribution in [2.45, 2.75) is 12.8 Å². The second-order valence-electron chi connectivity index (χ2n) is 6.03. The van der Waals surface area contributed by atoms with Gasteiger partial charge in [0.1, 0.15) is 0 Å². The molecule has 2 fully saturated rings. The number of fused-ring (bicyclic) bond motifs is 1. The summed E-state index contributed by atoms with van der Waals surface area (Å²) in [6, 6.07) is 4.03. The van der Waals surface area contributed by atoms with Crippen LogP contribution in [-0.4, -0.2) is 47.8 Å². The SMILES string of the molecule is c1csc(-c2noc(CCCN3CC4CNCC4C3)n2)c1. The largest absolute Gasteiger partial charge is 0.339 e. The van der Waals surface area contributed by atoms with E-state index in [1.165, 1.54) is 26.2 Å². The second-order valence-corrected chi connectivity index (χ2v) is 6.98. The van der Waals surface area contributed by atoms with Crippen LogP contribution in [0.25, 0.3) is 10.7 Å². The van der Waals surface area contributed by atoms with Crippen LogP contribution in [0.2, 0.25) is 0 Å². The van der Waals surface area contributed by atoms with Crippen molar-refractivity contribution in [2.75, 3.05) is 32.7 Å². The number of thiophene rings is 1. The van der Waals surface area contributed by atoms with Gasteiger partial charge in [-0.25, -0.2) is 0 Å². The van der Waals surface area contributed by atoms with E-state index in [1.54, 1.807) is 11.3 Å². The summed E-state index contributed by atoms with van der Waals surface area (Å²) in [7, 11) is 0. The van der Waals surface area contributed by atoms with Crippen molar-refractivity contribution < 1.29 is 4.52 Å². The van der Waals surface area contributed by atoms with Crippen molar-refractivity contribution in [1.29, 1.82) is 0 Å². The third-order valence-corrected chi connectivity index (χ3v) is 5.41. The van der Waals surface area contributed by atoms with Gasteiger partial charge in [0.25, 0.3) is 0 Å². The average molecular weight is 304 g/mol. The summed E-state index contributed by atoms with van der Waals surface area (Å²) in [5.74, 6) is 3.24. The van der Waals surface area contributed by atoms with E-state index in [2.05, 4.69) is 20.4 Å². The van der Waals surface area contributed by atoms with Crippen LogP contribution in [0, 0.1) is 11.8 Å². The summed E-state index contributed by atoms with van der Waals surface area (Å²) in [5, 5.41) is 9.57. The first kappa shape index (κ1) is 13.4. The molecule has 4 heterocycles. The molecule has 0 saturated carbocycles. The Hall–Kier alpha value is -1.24. The highest BCUT2D eigenvalue weighted by Gasteiger charge is 2.35. The molecule has 5 nitrogen and oxygen atoms in total. The van der Waals surface area contributed by atoms with Gasteiger partial charge in [0.05, 0.1) is 4.88 Å². The summed E-state index contributed by atoms with van der Waals surface area (Å²) >= 11 is 1.64. The Morgan fingerprint density at radius 2 is 2.19 bits per heavy atom. The zero-order valence-electron chi connectivity index (χ0n) is 12.0. The minimum absolute atomic E-state index is 0.724. The molecule has 112 valence electrons. The van der Waals surface area contributed by atoms with Gasteiger partial charge in [0.2, 0.25) is 11.7 Å². The molecule has 0 aromatic carbocycles. The van der Waals surface area contributed by atoms with E-state index < -0.39 is 0 Å². The molecule has 0 amide bonds. The van der Waals surface area contributed by atoms with Crippen LogP contribution in [0.15, 0.2) is 22.0 Å². The molecule has 0 aliphatic carbocycles. The summed E-state index contributed by atoms with van der Waals surface area (Å²) < 4.78 is 5.34. The zero-order chi connectivity index (χ0) is 14.1. The minimum atomic E-state index is 0.724. The smallest absolute Gasteiger partial charge is 0.227 e. The van der Waals surface area contributed by atoms with Crippen molar-refractivity contribution in [3.8, 4) is 10.7 Å². The number of aryl methyl sites for hydroxylation is 1. The standard InChI is InChI=1S/C15H20N4OS/c1(5-19-9-11-7-16-8-12(11)10-19)4-14-17-15(18-20-14)13-3-2-6-21-13/h2-3,6,11-12,16H,1,4-5,7-10H2. The molecule has 2 aromatic rings. The zero-order valence-corrected chi connectivity index (χ0v) is 12.8. The van der Waals surface area contributed by atoms with Crippen LogP contribution >= 0.6 is 11.3 Å². The lowest BCUT2D eigenvalue weighted by molar-refractivity contribution is 0.299. The molecule has 21 heavy (non-hydrogen) atoms. The maximum atomic E-state index is 5.34. The van der Waals surface area contributed by atoms with Crippen LogP contribution in [0.5, 0.6) is 0 Å². The molecule has 2 unspecified atom stereocenters. The highest BCUT2D eigenvalue weighted by molar-refractivity contribution is 7.13. The highest BCUT2D eigenvalue weighted by Crippen LogP contribution is 2.26. The molecule has 0 bridgehead atoms. The van der Waals surface area contributed by atoms with Crippen molar-refractivity contribution >= 4 is 11.3 Å². The number of likely N-dealkylation sites (tertiary alicyclic amines) is 1. The van der Waals surface area contributed by atoms with Crippen LogP contribution < -0.4 is 5.32 Å². The third kappa shape index (κ3) is 2.88. The van der Waals surface area contributed by atoms with Crippen molar-refractivity contribution in [3.05, 3.63) is 23.4 Å². The van der Waals surface area contributed by atoms with E-state index >= 15 is 0 Å². The molecule has 4 rings (SSSR count). The Kier molecular flexibility index (Phi) is 3.75. The quantitative estimate of drug-likeness (QED) is 0.914. The molecular formula is C15H20N4OS. The summed E-state index contributed by atoms with van der Waals surface area (Å²) in [4.78, 5) is 8.14. The fourth-order valence-electron chi connectivity index (χ4n) is 3.45. The molecule has 2 atom stereocenters. The second kappa shape index (κ2) is 5.87. The third-order valence-electron chi connectivity index (χ3n) is 4.54. The first-order valence-electron chi connectivity index (χ1n) is 7.68. The van der Waals surface area contributed by atoms with E-state index in [9.17, 15) is 0 Å². The van der Waals surface area contributed by atoms with Crippen molar-refractivity contribution in [3.63, 3.8) is 0 Å². The van der Waals surface area contributed by atoms with Crippen LogP contribution in [0.3, 0.4) is 0 Å². The van der Waals surface area contributed by atoms with E-state index in [0.29, 0.717) is 0 Å². The fraction of sp³-hybridized carbons (Fsp3) is 0.600. The van der Waals surface area contributed by atoms with Crippen LogP contribution in [-0.2, 0) is 6.42 Å². The Balaban J connectivity index is 1.26. The van der Waals surface area contributed by atoms with Crippen molar-refractivity contribution in [1.82, 2.24) is 20.4 Å². The maximum Gasteiger partial charge on any atom is 0.227 e. The van der Waals surface area contributed by atoms with E-state index in [4.69, 9.17) is 4.52 Å². The minimum Gasteiger partial charge on any atom is -0.339 e. The predicted octanol–water partition coefficient (Wildman–Crippen LogP) is 1.88. The average Bonchev–Trinajstić information content (AvgIpc) is 3.23. The Bertz CT molecular complexity index is 570. The van der Waals surface area contributed by atoms with Gasteiger partial charge in [-0.15, -0.1) is 11.3 Å². The molecule has 2 saturated heterocycles. The summed E-state index contributed by atoms with van der Waals surface area (Å²) in [5.41, 5.74) is 0.